The molecule has 0 spiro atoms. The monoisotopic (exact) mass is 374 g/mol. The molecule has 150 valence electrons. The lowest BCUT2D eigenvalue weighted by atomic mass is 9.84. The Hall–Kier alpha value is -1.43. The fourth-order valence-electron chi connectivity index (χ4n) is 4.45. The van der Waals surface area contributed by atoms with Gasteiger partial charge in [-0.2, -0.15) is 0 Å². The van der Waals surface area contributed by atoms with Crippen LogP contribution in [-0.2, 0) is 11.2 Å². The number of aryl methyl sites for hydroxylation is 1. The van der Waals surface area contributed by atoms with Gasteiger partial charge in [0.15, 0.2) is 5.60 Å². The van der Waals surface area contributed by atoms with Gasteiger partial charge in [0.05, 0.1) is 5.60 Å². The highest BCUT2D eigenvalue weighted by Gasteiger charge is 2.42. The largest absolute Gasteiger partial charge is 0.389 e. The van der Waals surface area contributed by atoms with Crippen LogP contribution in [0.15, 0.2) is 30.3 Å². The first-order valence-corrected chi connectivity index (χ1v) is 10.5. The molecule has 1 saturated heterocycles. The molecule has 27 heavy (non-hydrogen) atoms. The van der Waals surface area contributed by atoms with Crippen molar-refractivity contribution in [3.63, 3.8) is 0 Å². The standard InChI is InChI=1S/C22H34N2O3/c25-20-22(27,18-23-17-21(26)12-5-2-6-13-21)14-8-16-24(20)15-7-11-19-9-3-1-4-10-19/h1,3-4,9-10,23,26-27H,2,5-8,11-18H2/t22-/m1/s1. The third-order valence-corrected chi connectivity index (χ3v) is 6.10. The fraction of sp³-hybridized carbons (Fsp3) is 0.682. The van der Waals surface area contributed by atoms with Crippen LogP contribution in [0.3, 0.4) is 0 Å². The third kappa shape index (κ3) is 5.53. The number of carbonyl (C=O) groups excluding carboxylic acids is 1. The second-order valence-electron chi connectivity index (χ2n) is 8.41. The lowest BCUT2D eigenvalue weighted by Crippen LogP contribution is -2.59. The smallest absolute Gasteiger partial charge is 0.255 e. The second kappa shape index (κ2) is 9.18. The zero-order valence-electron chi connectivity index (χ0n) is 16.3. The normalized spacial score (nSPS) is 25.6. The molecule has 1 heterocycles. The van der Waals surface area contributed by atoms with Crippen LogP contribution in [0.4, 0.5) is 0 Å². The van der Waals surface area contributed by atoms with Gasteiger partial charge in [-0.1, -0.05) is 49.6 Å². The summed E-state index contributed by atoms with van der Waals surface area (Å²) in [5.41, 5.74) is -0.739. The van der Waals surface area contributed by atoms with Gasteiger partial charge in [-0.05, 0) is 44.1 Å². The van der Waals surface area contributed by atoms with Crippen molar-refractivity contribution < 1.29 is 15.0 Å². The van der Waals surface area contributed by atoms with Crippen molar-refractivity contribution in [3.05, 3.63) is 35.9 Å². The molecule has 1 saturated carbocycles. The molecule has 5 heteroatoms. The molecule has 3 N–H and O–H groups in total. The molecule has 1 aromatic rings. The zero-order valence-corrected chi connectivity index (χ0v) is 16.3. The Kier molecular flexibility index (Phi) is 6.90. The van der Waals surface area contributed by atoms with E-state index in [2.05, 4.69) is 17.4 Å². The van der Waals surface area contributed by atoms with Gasteiger partial charge in [0.1, 0.15) is 0 Å². The molecule has 0 bridgehead atoms. The number of likely N-dealkylation sites (tertiary alicyclic amines) is 1. The van der Waals surface area contributed by atoms with E-state index in [0.717, 1.165) is 51.5 Å². The Morgan fingerprint density at radius 3 is 2.44 bits per heavy atom. The Labute approximate surface area is 162 Å². The van der Waals surface area contributed by atoms with Gasteiger partial charge in [-0.15, -0.1) is 0 Å². The maximum atomic E-state index is 12.8. The number of hydrogen-bond donors (Lipinski definition) is 3. The Bertz CT molecular complexity index is 601. The van der Waals surface area contributed by atoms with Crippen LogP contribution < -0.4 is 5.32 Å². The maximum Gasteiger partial charge on any atom is 0.255 e. The average molecular weight is 375 g/mol. The van der Waals surface area contributed by atoms with Gasteiger partial charge in [-0.25, -0.2) is 0 Å². The summed E-state index contributed by atoms with van der Waals surface area (Å²) in [5.74, 6) is -0.162. The molecule has 1 aromatic carbocycles. The number of piperidine rings is 1. The van der Waals surface area contributed by atoms with Crippen LogP contribution >= 0.6 is 0 Å². The predicted octanol–water partition coefficient (Wildman–Crippen LogP) is 2.26. The van der Waals surface area contributed by atoms with Crippen LogP contribution in [0.2, 0.25) is 0 Å². The molecular weight excluding hydrogens is 340 g/mol. The number of amides is 1. The summed E-state index contributed by atoms with van der Waals surface area (Å²) >= 11 is 0. The average Bonchev–Trinajstić information content (AvgIpc) is 2.67. The van der Waals surface area contributed by atoms with Gasteiger partial charge in [0, 0.05) is 26.2 Å². The fourth-order valence-corrected chi connectivity index (χ4v) is 4.45. The van der Waals surface area contributed by atoms with E-state index >= 15 is 0 Å². The van der Waals surface area contributed by atoms with Crippen molar-refractivity contribution in [1.29, 1.82) is 0 Å². The quantitative estimate of drug-likeness (QED) is 0.653. The molecular formula is C22H34N2O3. The highest BCUT2D eigenvalue weighted by Crippen LogP contribution is 2.28. The van der Waals surface area contributed by atoms with E-state index in [4.69, 9.17) is 0 Å². The zero-order chi connectivity index (χ0) is 19.2. The van der Waals surface area contributed by atoms with Crippen molar-refractivity contribution >= 4 is 5.91 Å². The number of nitrogens with one attached hydrogen (secondary N) is 1. The summed E-state index contributed by atoms with van der Waals surface area (Å²) in [7, 11) is 0. The summed E-state index contributed by atoms with van der Waals surface area (Å²) in [5, 5.41) is 24.7. The molecule has 0 unspecified atom stereocenters. The van der Waals surface area contributed by atoms with Gasteiger partial charge in [0.25, 0.3) is 5.91 Å². The van der Waals surface area contributed by atoms with Crippen LogP contribution in [0.5, 0.6) is 0 Å². The molecule has 5 nitrogen and oxygen atoms in total. The SMILES string of the molecule is O=C1N(CCCc2ccccc2)CCC[C@@]1(O)CNCC1(O)CCCCC1. The number of benzene rings is 1. The summed E-state index contributed by atoms with van der Waals surface area (Å²) in [6.45, 7) is 2.08. The van der Waals surface area contributed by atoms with E-state index in [9.17, 15) is 15.0 Å². The number of aliphatic hydroxyl groups is 2. The molecule has 1 amide bonds. The highest BCUT2D eigenvalue weighted by molar-refractivity contribution is 5.86. The molecule has 3 rings (SSSR count). The predicted molar refractivity (Wildman–Crippen MR) is 106 cm³/mol. The van der Waals surface area contributed by atoms with Crippen molar-refractivity contribution in [3.8, 4) is 0 Å². The molecule has 0 aromatic heterocycles. The van der Waals surface area contributed by atoms with E-state index in [1.807, 2.05) is 23.1 Å². The lowest BCUT2D eigenvalue weighted by molar-refractivity contribution is -0.156. The van der Waals surface area contributed by atoms with Crippen LogP contribution in [0, 0.1) is 0 Å². The molecule has 2 aliphatic rings. The molecule has 1 atom stereocenters. The van der Waals surface area contributed by atoms with Gasteiger partial charge >= 0.3 is 0 Å². The Balaban J connectivity index is 1.46. The molecule has 1 aliphatic heterocycles. The van der Waals surface area contributed by atoms with E-state index in [1.54, 1.807) is 0 Å². The maximum absolute atomic E-state index is 12.8. The lowest BCUT2D eigenvalue weighted by Gasteiger charge is -2.39. The van der Waals surface area contributed by atoms with E-state index < -0.39 is 11.2 Å². The minimum Gasteiger partial charge on any atom is -0.389 e. The summed E-state index contributed by atoms with van der Waals surface area (Å²) in [6, 6.07) is 10.3. The topological polar surface area (TPSA) is 72.8 Å². The minimum absolute atomic E-state index is 0.162. The first kappa shape index (κ1) is 20.3. The first-order valence-electron chi connectivity index (χ1n) is 10.5. The number of rotatable bonds is 8. The molecule has 2 fully saturated rings. The Morgan fingerprint density at radius 2 is 1.70 bits per heavy atom. The minimum atomic E-state index is -1.34. The van der Waals surface area contributed by atoms with Crippen molar-refractivity contribution in [2.24, 2.45) is 0 Å². The summed E-state index contributed by atoms with van der Waals surface area (Å²) in [4.78, 5) is 14.6. The highest BCUT2D eigenvalue weighted by atomic mass is 16.3. The van der Waals surface area contributed by atoms with Gasteiger partial charge in [-0.3, -0.25) is 4.79 Å². The van der Waals surface area contributed by atoms with Crippen molar-refractivity contribution in [1.82, 2.24) is 10.2 Å². The van der Waals surface area contributed by atoms with Gasteiger partial charge in [0.2, 0.25) is 0 Å². The Morgan fingerprint density at radius 1 is 0.963 bits per heavy atom. The third-order valence-electron chi connectivity index (χ3n) is 6.10. The summed E-state index contributed by atoms with van der Waals surface area (Å²) < 4.78 is 0. The van der Waals surface area contributed by atoms with Crippen molar-refractivity contribution in [2.45, 2.75) is 69.0 Å². The van der Waals surface area contributed by atoms with Crippen molar-refractivity contribution in [2.75, 3.05) is 26.2 Å². The molecule has 0 radical (unpaired) electrons. The van der Waals surface area contributed by atoms with Crippen LogP contribution in [0.25, 0.3) is 0 Å². The van der Waals surface area contributed by atoms with E-state index in [0.29, 0.717) is 19.5 Å². The van der Waals surface area contributed by atoms with E-state index in [-0.39, 0.29) is 12.5 Å². The summed E-state index contributed by atoms with van der Waals surface area (Å²) in [6.07, 6.45) is 8.05. The number of nitrogens with zero attached hydrogens (tertiary/aromatic N) is 1. The first-order chi connectivity index (χ1) is 13.0. The van der Waals surface area contributed by atoms with Gasteiger partial charge < -0.3 is 20.4 Å². The van der Waals surface area contributed by atoms with Crippen LogP contribution in [-0.4, -0.2) is 58.4 Å². The molecule has 1 aliphatic carbocycles. The van der Waals surface area contributed by atoms with E-state index in [1.165, 1.54) is 12.0 Å². The second-order valence-corrected chi connectivity index (χ2v) is 8.41. The van der Waals surface area contributed by atoms with Crippen LogP contribution in [0.1, 0.15) is 56.9 Å². The number of carbonyl (C=O) groups is 1. The number of hydrogen-bond acceptors (Lipinski definition) is 4.